The summed E-state index contributed by atoms with van der Waals surface area (Å²) in [5.41, 5.74) is 1.44. The number of nitrogens with zero attached hydrogens (tertiary/aromatic N) is 3. The highest BCUT2D eigenvalue weighted by Gasteiger charge is 2.15. The highest BCUT2D eigenvalue weighted by Crippen LogP contribution is 2.26. The fraction of sp³-hybridized carbons (Fsp3) is 0.211. The smallest absolute Gasteiger partial charge is 0.262 e. The topological polar surface area (TPSA) is 74.1 Å². The van der Waals surface area contributed by atoms with Gasteiger partial charge in [-0.3, -0.25) is 9.36 Å². The Balaban J connectivity index is 1.65. The van der Waals surface area contributed by atoms with Crippen LogP contribution >= 0.6 is 11.8 Å². The van der Waals surface area contributed by atoms with E-state index in [-0.39, 0.29) is 11.6 Å². The third kappa shape index (κ3) is 3.06. The van der Waals surface area contributed by atoms with E-state index >= 15 is 0 Å². The van der Waals surface area contributed by atoms with E-state index in [9.17, 15) is 4.79 Å². The predicted octanol–water partition coefficient (Wildman–Crippen LogP) is 4.52. The Morgan fingerprint density at radius 2 is 2.00 bits per heavy atom. The third-order valence-electron chi connectivity index (χ3n) is 3.96. The van der Waals surface area contributed by atoms with Crippen molar-refractivity contribution in [2.45, 2.75) is 30.8 Å². The molecule has 6 nitrogen and oxygen atoms in total. The van der Waals surface area contributed by atoms with Gasteiger partial charge in [-0.1, -0.05) is 29.1 Å². The Bertz CT molecular complexity index is 1100. The Kier molecular flexibility index (Phi) is 4.38. The number of hydrogen-bond donors (Lipinski definition) is 0. The van der Waals surface area contributed by atoms with Crippen molar-refractivity contribution in [3.63, 3.8) is 0 Å². The van der Waals surface area contributed by atoms with Crippen LogP contribution in [0.3, 0.4) is 0 Å². The second kappa shape index (κ2) is 6.84. The molecule has 0 aliphatic heterocycles. The minimum Gasteiger partial charge on any atom is -0.461 e. The predicted molar refractivity (Wildman–Crippen MR) is 100 cm³/mol. The molecule has 0 fully saturated rings. The zero-order valence-corrected chi connectivity index (χ0v) is 15.2. The quantitative estimate of drug-likeness (QED) is 0.381. The largest absolute Gasteiger partial charge is 0.461 e. The molecular formula is C19H17N3O3S. The van der Waals surface area contributed by atoms with E-state index in [1.54, 1.807) is 16.9 Å². The molecule has 0 radical (unpaired) electrons. The van der Waals surface area contributed by atoms with Gasteiger partial charge in [0.05, 0.1) is 22.9 Å². The van der Waals surface area contributed by atoms with E-state index < -0.39 is 0 Å². The lowest BCUT2D eigenvalue weighted by Crippen LogP contribution is -2.25. The van der Waals surface area contributed by atoms with Crippen molar-refractivity contribution in [3.8, 4) is 11.5 Å². The van der Waals surface area contributed by atoms with E-state index in [1.165, 1.54) is 11.8 Å². The summed E-state index contributed by atoms with van der Waals surface area (Å²) in [5.74, 6) is 1.76. The van der Waals surface area contributed by atoms with Crippen LogP contribution in [0.4, 0.5) is 0 Å². The van der Waals surface area contributed by atoms with Crippen LogP contribution < -0.4 is 5.56 Å². The van der Waals surface area contributed by atoms with Crippen LogP contribution in [-0.2, 0) is 5.75 Å². The van der Waals surface area contributed by atoms with Gasteiger partial charge in [0.2, 0.25) is 5.76 Å². The summed E-state index contributed by atoms with van der Waals surface area (Å²) >= 11 is 1.47. The van der Waals surface area contributed by atoms with E-state index in [0.717, 1.165) is 5.69 Å². The van der Waals surface area contributed by atoms with E-state index in [4.69, 9.17) is 8.94 Å². The molecule has 0 atom stereocenters. The molecule has 0 amide bonds. The van der Waals surface area contributed by atoms with Crippen molar-refractivity contribution >= 4 is 22.7 Å². The lowest BCUT2D eigenvalue weighted by atomic mass is 10.2. The van der Waals surface area contributed by atoms with E-state index in [0.29, 0.717) is 33.3 Å². The van der Waals surface area contributed by atoms with Crippen LogP contribution in [-0.4, -0.2) is 14.7 Å². The number of rotatable bonds is 5. The summed E-state index contributed by atoms with van der Waals surface area (Å²) in [5, 5.41) is 5.38. The first-order valence-corrected chi connectivity index (χ1v) is 9.25. The van der Waals surface area contributed by atoms with Gasteiger partial charge in [-0.05, 0) is 38.1 Å². The molecule has 0 aliphatic carbocycles. The fourth-order valence-electron chi connectivity index (χ4n) is 2.74. The second-order valence-corrected chi connectivity index (χ2v) is 7.07. The van der Waals surface area contributed by atoms with Gasteiger partial charge in [-0.25, -0.2) is 4.98 Å². The van der Waals surface area contributed by atoms with Crippen molar-refractivity contribution in [1.29, 1.82) is 0 Å². The van der Waals surface area contributed by atoms with Crippen LogP contribution in [0.25, 0.3) is 22.4 Å². The van der Waals surface area contributed by atoms with Gasteiger partial charge in [0, 0.05) is 17.9 Å². The zero-order valence-electron chi connectivity index (χ0n) is 14.4. The maximum absolute atomic E-state index is 12.8. The maximum atomic E-state index is 12.8. The number of aromatic nitrogens is 3. The average Bonchev–Trinajstić information content (AvgIpc) is 3.31. The average molecular weight is 367 g/mol. The number of benzene rings is 1. The Hall–Kier alpha value is -2.80. The van der Waals surface area contributed by atoms with Gasteiger partial charge in [-0.2, -0.15) is 0 Å². The lowest BCUT2D eigenvalue weighted by Gasteiger charge is -2.15. The van der Waals surface area contributed by atoms with E-state index in [2.05, 4.69) is 10.1 Å². The Morgan fingerprint density at radius 1 is 1.15 bits per heavy atom. The van der Waals surface area contributed by atoms with Crippen LogP contribution in [0.5, 0.6) is 0 Å². The summed E-state index contributed by atoms with van der Waals surface area (Å²) < 4.78 is 12.4. The fourth-order valence-corrected chi connectivity index (χ4v) is 3.74. The molecule has 132 valence electrons. The van der Waals surface area contributed by atoms with Crippen LogP contribution in [0, 0.1) is 0 Å². The number of para-hydroxylation sites is 1. The number of thioether (sulfide) groups is 1. The Labute approximate surface area is 153 Å². The van der Waals surface area contributed by atoms with Gasteiger partial charge in [0.1, 0.15) is 0 Å². The molecule has 0 aliphatic rings. The third-order valence-corrected chi connectivity index (χ3v) is 4.95. The van der Waals surface area contributed by atoms with Crippen molar-refractivity contribution in [1.82, 2.24) is 14.7 Å². The molecule has 26 heavy (non-hydrogen) atoms. The lowest BCUT2D eigenvalue weighted by molar-refractivity contribution is 0.413. The first-order chi connectivity index (χ1) is 12.6. The summed E-state index contributed by atoms with van der Waals surface area (Å²) in [4.78, 5) is 17.5. The van der Waals surface area contributed by atoms with Crippen LogP contribution in [0.2, 0.25) is 0 Å². The minimum absolute atomic E-state index is 0.0121. The van der Waals surface area contributed by atoms with Gasteiger partial charge in [0.25, 0.3) is 5.56 Å². The highest BCUT2D eigenvalue weighted by molar-refractivity contribution is 7.98. The monoisotopic (exact) mass is 367 g/mol. The molecule has 0 spiro atoms. The first kappa shape index (κ1) is 16.7. The molecule has 4 aromatic rings. The molecule has 0 N–H and O–H groups in total. The summed E-state index contributed by atoms with van der Waals surface area (Å²) in [6.45, 7) is 3.96. The zero-order chi connectivity index (χ0) is 18.1. The summed E-state index contributed by atoms with van der Waals surface area (Å²) in [6.07, 6.45) is 1.59. The number of furan rings is 1. The molecule has 4 rings (SSSR count). The van der Waals surface area contributed by atoms with Gasteiger partial charge < -0.3 is 8.94 Å². The molecule has 0 unspecified atom stereocenters. The normalized spacial score (nSPS) is 11.5. The van der Waals surface area contributed by atoms with Gasteiger partial charge >= 0.3 is 0 Å². The van der Waals surface area contributed by atoms with Crippen LogP contribution in [0.1, 0.15) is 25.6 Å². The first-order valence-electron chi connectivity index (χ1n) is 8.27. The SMILES string of the molecule is CC(C)n1c(SCc2cc(-c3ccco3)on2)nc2ccccc2c1=O. The molecule has 3 aromatic heterocycles. The standard InChI is InChI=1S/C19H17N3O3S/c1-12(2)22-18(23)14-6-3-4-7-15(14)20-19(22)26-11-13-10-17(25-21-13)16-8-5-9-24-16/h3-10,12H,11H2,1-2H3. The van der Waals surface area contributed by atoms with Crippen molar-refractivity contribution in [2.24, 2.45) is 0 Å². The van der Waals surface area contributed by atoms with Gasteiger partial charge in [0.15, 0.2) is 10.9 Å². The molecular weight excluding hydrogens is 350 g/mol. The molecule has 1 aromatic carbocycles. The number of fused-ring (bicyclic) bond motifs is 1. The number of hydrogen-bond acceptors (Lipinski definition) is 6. The highest BCUT2D eigenvalue weighted by atomic mass is 32.2. The summed E-state index contributed by atoms with van der Waals surface area (Å²) in [6, 6.07) is 12.9. The molecule has 0 saturated carbocycles. The minimum atomic E-state index is -0.0236. The van der Waals surface area contributed by atoms with Crippen LogP contribution in [0.15, 0.2) is 67.6 Å². The molecule has 0 saturated heterocycles. The van der Waals surface area contributed by atoms with Gasteiger partial charge in [-0.15, -0.1) is 0 Å². The van der Waals surface area contributed by atoms with Crippen molar-refractivity contribution < 1.29 is 8.94 Å². The second-order valence-electron chi connectivity index (χ2n) is 6.13. The maximum Gasteiger partial charge on any atom is 0.262 e. The molecule has 0 bridgehead atoms. The summed E-state index contributed by atoms with van der Waals surface area (Å²) in [7, 11) is 0. The Morgan fingerprint density at radius 3 is 2.77 bits per heavy atom. The molecule has 7 heteroatoms. The molecule has 3 heterocycles. The van der Waals surface area contributed by atoms with Crippen molar-refractivity contribution in [2.75, 3.05) is 0 Å². The van der Waals surface area contributed by atoms with Crippen molar-refractivity contribution in [3.05, 3.63) is 64.8 Å². The van der Waals surface area contributed by atoms with E-state index in [1.807, 2.05) is 50.2 Å².